The summed E-state index contributed by atoms with van der Waals surface area (Å²) in [6, 6.07) is 4.60. The van der Waals surface area contributed by atoms with Gasteiger partial charge < -0.3 is 4.74 Å². The van der Waals surface area contributed by atoms with Crippen LogP contribution >= 0.6 is 15.9 Å². The third kappa shape index (κ3) is 2.44. The summed E-state index contributed by atoms with van der Waals surface area (Å²) in [5.74, 6) is -0.882. The molecule has 0 fully saturated rings. The Morgan fingerprint density at radius 2 is 2.24 bits per heavy atom. The van der Waals surface area contributed by atoms with Crippen LogP contribution in [0.25, 0.3) is 10.9 Å². The normalized spacial score (nSPS) is 10.5. The molecule has 0 aliphatic carbocycles. The number of hydrogen-bond acceptors (Lipinski definition) is 3. The Labute approximate surface area is 106 Å². The number of nitrogens with zero attached hydrogens (tertiary/aromatic N) is 1. The predicted molar refractivity (Wildman–Crippen MR) is 65.4 cm³/mol. The number of benzene rings is 1. The number of carbonyl (C=O) groups excluding carboxylic acids is 1. The number of rotatable bonds is 2. The first kappa shape index (κ1) is 12.0. The minimum Gasteiger partial charge on any atom is -0.462 e. The molecule has 2 aromatic rings. The Kier molecular flexibility index (Phi) is 3.38. The molecule has 1 aromatic carbocycles. The summed E-state index contributed by atoms with van der Waals surface area (Å²) >= 11 is 3.19. The van der Waals surface area contributed by atoms with Gasteiger partial charge in [-0.25, -0.2) is 9.18 Å². The second kappa shape index (κ2) is 4.79. The van der Waals surface area contributed by atoms with Crippen LogP contribution in [-0.2, 0) is 4.74 Å². The fourth-order valence-electron chi connectivity index (χ4n) is 1.50. The Morgan fingerprint density at radius 1 is 1.47 bits per heavy atom. The molecule has 1 heterocycles. The van der Waals surface area contributed by atoms with Crippen molar-refractivity contribution in [3.63, 3.8) is 0 Å². The smallest absolute Gasteiger partial charge is 0.339 e. The van der Waals surface area contributed by atoms with E-state index in [0.29, 0.717) is 22.0 Å². The zero-order chi connectivity index (χ0) is 12.4. The summed E-state index contributed by atoms with van der Waals surface area (Å²) in [6.07, 6.45) is 1.32. The van der Waals surface area contributed by atoms with Gasteiger partial charge in [-0.05, 0) is 25.1 Å². The highest BCUT2D eigenvalue weighted by Crippen LogP contribution is 2.22. The molecule has 17 heavy (non-hydrogen) atoms. The molecule has 0 atom stereocenters. The Morgan fingerprint density at radius 3 is 2.94 bits per heavy atom. The van der Waals surface area contributed by atoms with Crippen molar-refractivity contribution in [2.24, 2.45) is 0 Å². The SMILES string of the molecule is CCOC(=O)c1cnc2c(F)cc(Br)cc2c1. The number of fused-ring (bicyclic) bond motifs is 1. The van der Waals surface area contributed by atoms with Crippen LogP contribution in [0.15, 0.2) is 28.9 Å². The minimum absolute atomic E-state index is 0.237. The average molecular weight is 298 g/mol. The summed E-state index contributed by atoms with van der Waals surface area (Å²) in [4.78, 5) is 15.4. The minimum atomic E-state index is -0.456. The highest BCUT2D eigenvalue weighted by Gasteiger charge is 2.10. The van der Waals surface area contributed by atoms with Gasteiger partial charge in [0.15, 0.2) is 5.82 Å². The van der Waals surface area contributed by atoms with Crippen LogP contribution in [-0.4, -0.2) is 17.6 Å². The molecule has 1 aromatic heterocycles. The van der Waals surface area contributed by atoms with Gasteiger partial charge in [0, 0.05) is 16.1 Å². The lowest BCUT2D eigenvalue weighted by atomic mass is 10.1. The summed E-state index contributed by atoms with van der Waals surface area (Å²) in [5.41, 5.74) is 0.554. The quantitative estimate of drug-likeness (QED) is 0.798. The van der Waals surface area contributed by atoms with E-state index < -0.39 is 11.8 Å². The topological polar surface area (TPSA) is 39.2 Å². The van der Waals surface area contributed by atoms with Crippen molar-refractivity contribution in [1.29, 1.82) is 0 Å². The van der Waals surface area contributed by atoms with E-state index in [2.05, 4.69) is 20.9 Å². The maximum Gasteiger partial charge on any atom is 0.339 e. The first-order chi connectivity index (χ1) is 8.11. The molecule has 0 unspecified atom stereocenters. The zero-order valence-corrected chi connectivity index (χ0v) is 10.6. The van der Waals surface area contributed by atoms with Gasteiger partial charge in [-0.15, -0.1) is 0 Å². The molecule has 0 saturated carbocycles. The van der Waals surface area contributed by atoms with Crippen LogP contribution in [0.3, 0.4) is 0 Å². The fourth-order valence-corrected chi connectivity index (χ4v) is 1.94. The standard InChI is InChI=1S/C12H9BrFNO2/c1-2-17-12(16)8-3-7-4-9(13)5-10(14)11(7)15-6-8/h3-6H,2H2,1H3. The van der Waals surface area contributed by atoms with Gasteiger partial charge in [0.1, 0.15) is 5.52 Å². The molecule has 5 heteroatoms. The van der Waals surface area contributed by atoms with Crippen molar-refractivity contribution in [3.8, 4) is 0 Å². The molecule has 0 N–H and O–H groups in total. The van der Waals surface area contributed by atoms with E-state index in [1.165, 1.54) is 12.3 Å². The number of hydrogen-bond donors (Lipinski definition) is 0. The van der Waals surface area contributed by atoms with E-state index in [9.17, 15) is 9.18 Å². The van der Waals surface area contributed by atoms with Crippen molar-refractivity contribution in [2.45, 2.75) is 6.92 Å². The van der Waals surface area contributed by atoms with Crippen LogP contribution in [0.2, 0.25) is 0 Å². The van der Waals surface area contributed by atoms with E-state index in [1.54, 1.807) is 19.1 Å². The Hall–Kier alpha value is -1.49. The first-order valence-electron chi connectivity index (χ1n) is 5.03. The molecule has 0 aliphatic heterocycles. The number of carbonyl (C=O) groups is 1. The molecule has 0 radical (unpaired) electrons. The summed E-state index contributed by atoms with van der Waals surface area (Å²) < 4.78 is 19.0. The van der Waals surface area contributed by atoms with E-state index in [1.807, 2.05) is 0 Å². The third-order valence-electron chi connectivity index (χ3n) is 2.21. The molecule has 3 nitrogen and oxygen atoms in total. The summed E-state index contributed by atoms with van der Waals surface area (Å²) in [6.45, 7) is 2.02. The number of aromatic nitrogens is 1. The van der Waals surface area contributed by atoms with Crippen LogP contribution in [0.4, 0.5) is 4.39 Å². The molecule has 0 aliphatic rings. The van der Waals surface area contributed by atoms with Gasteiger partial charge in [0.05, 0.1) is 12.2 Å². The zero-order valence-electron chi connectivity index (χ0n) is 9.04. The van der Waals surface area contributed by atoms with E-state index in [-0.39, 0.29) is 5.52 Å². The number of esters is 1. The van der Waals surface area contributed by atoms with Gasteiger partial charge in [0.2, 0.25) is 0 Å². The van der Waals surface area contributed by atoms with Crippen LogP contribution in [0.1, 0.15) is 17.3 Å². The number of ether oxygens (including phenoxy) is 1. The van der Waals surface area contributed by atoms with Crippen molar-refractivity contribution in [2.75, 3.05) is 6.61 Å². The first-order valence-corrected chi connectivity index (χ1v) is 5.83. The van der Waals surface area contributed by atoms with Gasteiger partial charge in [-0.1, -0.05) is 15.9 Å². The molecule has 0 spiro atoms. The Bertz CT molecular complexity index is 586. The average Bonchev–Trinajstić information content (AvgIpc) is 2.28. The summed E-state index contributed by atoms with van der Waals surface area (Å²) in [5, 5.41) is 0.558. The number of pyridine rings is 1. The fraction of sp³-hybridized carbons (Fsp3) is 0.167. The second-order valence-corrected chi connectivity index (χ2v) is 4.32. The van der Waals surface area contributed by atoms with Crippen molar-refractivity contribution in [3.05, 3.63) is 40.2 Å². The lowest BCUT2D eigenvalue weighted by Gasteiger charge is -2.04. The molecule has 0 saturated heterocycles. The maximum absolute atomic E-state index is 13.5. The highest BCUT2D eigenvalue weighted by molar-refractivity contribution is 9.10. The van der Waals surface area contributed by atoms with Crippen LogP contribution < -0.4 is 0 Å². The van der Waals surface area contributed by atoms with Crippen LogP contribution in [0, 0.1) is 5.82 Å². The van der Waals surface area contributed by atoms with Gasteiger partial charge >= 0.3 is 5.97 Å². The van der Waals surface area contributed by atoms with Crippen LogP contribution in [0.5, 0.6) is 0 Å². The van der Waals surface area contributed by atoms with Gasteiger partial charge in [-0.3, -0.25) is 4.98 Å². The largest absolute Gasteiger partial charge is 0.462 e. The Balaban J connectivity index is 2.54. The van der Waals surface area contributed by atoms with Gasteiger partial charge in [0.25, 0.3) is 0 Å². The third-order valence-corrected chi connectivity index (χ3v) is 2.67. The van der Waals surface area contributed by atoms with E-state index in [0.717, 1.165) is 0 Å². The maximum atomic E-state index is 13.5. The predicted octanol–water partition coefficient (Wildman–Crippen LogP) is 3.31. The lowest BCUT2D eigenvalue weighted by Crippen LogP contribution is -2.05. The highest BCUT2D eigenvalue weighted by atomic mass is 79.9. The second-order valence-electron chi connectivity index (χ2n) is 3.40. The molecule has 2 rings (SSSR count). The van der Waals surface area contributed by atoms with Crippen molar-refractivity contribution < 1.29 is 13.9 Å². The number of halogens is 2. The monoisotopic (exact) mass is 297 g/mol. The van der Waals surface area contributed by atoms with Crippen molar-refractivity contribution >= 4 is 32.8 Å². The molecule has 0 bridgehead atoms. The summed E-state index contributed by atoms with van der Waals surface area (Å²) in [7, 11) is 0. The molecular weight excluding hydrogens is 289 g/mol. The van der Waals surface area contributed by atoms with Crippen molar-refractivity contribution in [1.82, 2.24) is 4.98 Å². The van der Waals surface area contributed by atoms with E-state index >= 15 is 0 Å². The molecule has 88 valence electrons. The van der Waals surface area contributed by atoms with E-state index in [4.69, 9.17) is 4.74 Å². The lowest BCUT2D eigenvalue weighted by molar-refractivity contribution is 0.0526. The molecular formula is C12H9BrFNO2. The molecule has 0 amide bonds. The van der Waals surface area contributed by atoms with Gasteiger partial charge in [-0.2, -0.15) is 0 Å².